The number of hydrogen-bond donors (Lipinski definition) is 0. The van der Waals surface area contributed by atoms with Crippen molar-refractivity contribution in [1.82, 2.24) is 25.7 Å². The van der Waals surface area contributed by atoms with Crippen molar-refractivity contribution in [2.24, 2.45) is 0 Å². The maximum atomic E-state index is 10.4. The van der Waals surface area contributed by atoms with Crippen LogP contribution in [0.2, 0.25) is 0 Å². The van der Waals surface area contributed by atoms with Gasteiger partial charge in [0.2, 0.25) is 0 Å². The number of nitrogens with zero attached hydrogens (tertiary/aromatic N) is 6. The van der Waals surface area contributed by atoms with Crippen molar-refractivity contribution in [1.29, 1.82) is 0 Å². The molecule has 2 aromatic rings. The van der Waals surface area contributed by atoms with Crippen LogP contribution in [0.3, 0.4) is 0 Å². The molecule has 0 saturated heterocycles. The van der Waals surface area contributed by atoms with Gasteiger partial charge in [0.15, 0.2) is 0 Å². The largest absolute Gasteiger partial charge is 0.271 e. The predicted octanol–water partition coefficient (Wildman–Crippen LogP) is -0.0345. The van der Waals surface area contributed by atoms with E-state index in [0.29, 0.717) is 5.69 Å². The fraction of sp³-hybridized carbons (Fsp3) is 0. The molecule has 70 valence electrons. The van der Waals surface area contributed by atoms with E-state index in [1.165, 1.54) is 18.2 Å². The molecule has 14 heavy (non-hydrogen) atoms. The lowest BCUT2D eigenvalue weighted by Crippen LogP contribution is -1.99. The first-order chi connectivity index (χ1) is 6.77. The molecule has 0 aliphatic heterocycles. The van der Waals surface area contributed by atoms with Crippen molar-refractivity contribution in [3.63, 3.8) is 0 Å². The molecule has 0 atom stereocenters. The van der Waals surface area contributed by atoms with Crippen LogP contribution in [0, 0.1) is 10.1 Å². The van der Waals surface area contributed by atoms with Crippen LogP contribution in [0.5, 0.6) is 0 Å². The van der Waals surface area contributed by atoms with E-state index in [1.807, 2.05) is 0 Å². The van der Waals surface area contributed by atoms with Gasteiger partial charge in [-0.25, -0.2) is 0 Å². The SMILES string of the molecule is O=[N+]([O-])c1cccc(-n2nnnn2)c1. The zero-order valence-electron chi connectivity index (χ0n) is 6.81. The highest BCUT2D eigenvalue weighted by atomic mass is 16.6. The number of aromatic nitrogens is 5. The first-order valence-electron chi connectivity index (χ1n) is 3.63. The molecule has 0 spiro atoms. The number of benzene rings is 1. The van der Waals surface area contributed by atoms with Gasteiger partial charge in [-0.1, -0.05) is 6.07 Å². The van der Waals surface area contributed by atoms with E-state index >= 15 is 0 Å². The Morgan fingerprint density at radius 3 is 2.64 bits per heavy atom. The van der Waals surface area contributed by atoms with Gasteiger partial charge in [-0.15, -0.1) is 4.80 Å². The van der Waals surface area contributed by atoms with Crippen LogP contribution in [0.15, 0.2) is 24.3 Å². The standard InChI is InChI=1S/C6H4N6O2/c13-12(14)6-3-1-2-5(4-6)11-9-7-8-10-11/h1-4H. The maximum Gasteiger partial charge on any atom is 0.271 e. The van der Waals surface area contributed by atoms with Gasteiger partial charge in [0.05, 0.1) is 10.6 Å². The Kier molecular flexibility index (Phi) is 1.86. The summed E-state index contributed by atoms with van der Waals surface area (Å²) in [5.74, 6) is 0. The second kappa shape index (κ2) is 3.17. The van der Waals surface area contributed by atoms with Gasteiger partial charge in [-0.05, 0) is 26.9 Å². The number of non-ortho nitro benzene ring substituents is 1. The highest BCUT2D eigenvalue weighted by Crippen LogP contribution is 2.14. The summed E-state index contributed by atoms with van der Waals surface area (Å²) in [7, 11) is 0. The quantitative estimate of drug-likeness (QED) is 0.489. The Morgan fingerprint density at radius 1 is 1.29 bits per heavy atom. The first kappa shape index (κ1) is 8.23. The average Bonchev–Trinajstić information content (AvgIpc) is 2.71. The van der Waals surface area contributed by atoms with Crippen molar-refractivity contribution in [2.75, 3.05) is 0 Å². The molecule has 1 aromatic carbocycles. The van der Waals surface area contributed by atoms with Crippen molar-refractivity contribution in [3.8, 4) is 5.69 Å². The van der Waals surface area contributed by atoms with Gasteiger partial charge in [0.25, 0.3) is 5.69 Å². The van der Waals surface area contributed by atoms with Crippen LogP contribution in [0.25, 0.3) is 5.69 Å². The van der Waals surface area contributed by atoms with Crippen LogP contribution in [0.4, 0.5) is 5.69 Å². The van der Waals surface area contributed by atoms with Crippen LogP contribution in [-0.2, 0) is 0 Å². The number of hydrogen-bond acceptors (Lipinski definition) is 6. The summed E-state index contributed by atoms with van der Waals surface area (Å²) in [6, 6.07) is 5.88. The molecule has 1 aromatic heterocycles. The maximum absolute atomic E-state index is 10.4. The number of nitro benzene ring substituents is 1. The predicted molar refractivity (Wildman–Crippen MR) is 43.6 cm³/mol. The zero-order chi connectivity index (χ0) is 9.97. The second-order valence-corrected chi connectivity index (χ2v) is 2.42. The summed E-state index contributed by atoms with van der Waals surface area (Å²) in [6.45, 7) is 0. The summed E-state index contributed by atoms with van der Waals surface area (Å²) < 4.78 is 0. The van der Waals surface area contributed by atoms with E-state index in [-0.39, 0.29) is 5.69 Å². The van der Waals surface area contributed by atoms with Crippen molar-refractivity contribution >= 4 is 5.69 Å². The molecule has 8 heteroatoms. The molecule has 0 saturated carbocycles. The molecule has 0 bridgehead atoms. The molecule has 0 unspecified atom stereocenters. The van der Waals surface area contributed by atoms with Gasteiger partial charge in [-0.2, -0.15) is 0 Å². The third-order valence-corrected chi connectivity index (χ3v) is 1.56. The van der Waals surface area contributed by atoms with E-state index < -0.39 is 4.92 Å². The summed E-state index contributed by atoms with van der Waals surface area (Å²) in [5, 5.41) is 24.0. The second-order valence-electron chi connectivity index (χ2n) is 2.42. The lowest BCUT2D eigenvalue weighted by molar-refractivity contribution is -0.384. The highest BCUT2D eigenvalue weighted by molar-refractivity contribution is 5.41. The fourth-order valence-corrected chi connectivity index (χ4v) is 0.964. The number of nitro groups is 1. The van der Waals surface area contributed by atoms with Crippen LogP contribution in [0.1, 0.15) is 0 Å². The molecule has 0 amide bonds. The Labute approximate surface area is 77.3 Å². The molecule has 8 nitrogen and oxygen atoms in total. The van der Waals surface area contributed by atoms with E-state index in [9.17, 15) is 10.1 Å². The Balaban J connectivity index is 2.46. The molecule has 0 N–H and O–H groups in total. The summed E-state index contributed by atoms with van der Waals surface area (Å²) in [5.41, 5.74) is 0.420. The summed E-state index contributed by atoms with van der Waals surface area (Å²) >= 11 is 0. The van der Waals surface area contributed by atoms with Crippen LogP contribution in [-0.4, -0.2) is 30.6 Å². The van der Waals surface area contributed by atoms with Crippen molar-refractivity contribution in [2.45, 2.75) is 0 Å². The number of rotatable bonds is 2. The normalized spacial score (nSPS) is 10.0. The highest BCUT2D eigenvalue weighted by Gasteiger charge is 2.07. The first-order valence-corrected chi connectivity index (χ1v) is 3.63. The van der Waals surface area contributed by atoms with E-state index in [2.05, 4.69) is 20.9 Å². The molecular formula is C6H4N6O2. The van der Waals surface area contributed by atoms with Gasteiger partial charge in [0.1, 0.15) is 0 Å². The Bertz CT molecular complexity index is 453. The fourth-order valence-electron chi connectivity index (χ4n) is 0.964. The summed E-state index contributed by atoms with van der Waals surface area (Å²) in [4.78, 5) is 11.1. The van der Waals surface area contributed by atoms with E-state index in [0.717, 1.165) is 4.80 Å². The van der Waals surface area contributed by atoms with Crippen molar-refractivity contribution < 1.29 is 4.92 Å². The third kappa shape index (κ3) is 1.40. The smallest absolute Gasteiger partial charge is 0.258 e. The molecule has 0 aliphatic rings. The van der Waals surface area contributed by atoms with Crippen LogP contribution < -0.4 is 0 Å². The van der Waals surface area contributed by atoms with Gasteiger partial charge < -0.3 is 0 Å². The minimum Gasteiger partial charge on any atom is -0.258 e. The zero-order valence-corrected chi connectivity index (χ0v) is 6.81. The summed E-state index contributed by atoms with van der Waals surface area (Å²) in [6.07, 6.45) is 0. The molecule has 1 heterocycles. The molecule has 0 aliphatic carbocycles. The van der Waals surface area contributed by atoms with Crippen LogP contribution >= 0.6 is 0 Å². The Morgan fingerprint density at radius 2 is 2.00 bits per heavy atom. The average molecular weight is 192 g/mol. The molecule has 0 fully saturated rings. The molecule has 2 rings (SSSR count). The van der Waals surface area contributed by atoms with Gasteiger partial charge in [0, 0.05) is 12.1 Å². The van der Waals surface area contributed by atoms with Gasteiger partial charge in [-0.3, -0.25) is 10.1 Å². The lowest BCUT2D eigenvalue weighted by atomic mass is 10.3. The third-order valence-electron chi connectivity index (χ3n) is 1.56. The minimum absolute atomic E-state index is 0.0280. The van der Waals surface area contributed by atoms with Crippen molar-refractivity contribution in [3.05, 3.63) is 34.4 Å². The molecular weight excluding hydrogens is 188 g/mol. The topological polar surface area (TPSA) is 99.6 Å². The van der Waals surface area contributed by atoms with E-state index in [4.69, 9.17) is 0 Å². The monoisotopic (exact) mass is 192 g/mol. The minimum atomic E-state index is -0.492. The molecule has 0 radical (unpaired) electrons. The van der Waals surface area contributed by atoms with E-state index in [1.54, 1.807) is 6.07 Å². The Hall–Kier alpha value is -2.38. The van der Waals surface area contributed by atoms with Gasteiger partial charge >= 0.3 is 0 Å². The lowest BCUT2D eigenvalue weighted by Gasteiger charge is -1.95.